The van der Waals surface area contributed by atoms with Crippen molar-refractivity contribution in [3.63, 3.8) is 0 Å². The lowest BCUT2D eigenvalue weighted by molar-refractivity contribution is -0.130. The van der Waals surface area contributed by atoms with Crippen molar-refractivity contribution in [2.75, 3.05) is 13.7 Å². The molecule has 148 valence electrons. The number of hydrogen-bond donors (Lipinski definition) is 1. The van der Waals surface area contributed by atoms with Gasteiger partial charge < -0.3 is 4.74 Å². The fraction of sp³-hybridized carbons (Fsp3) is 0.350. The Morgan fingerprint density at radius 2 is 2.00 bits per heavy atom. The van der Waals surface area contributed by atoms with Crippen LogP contribution in [0, 0.1) is 0 Å². The Morgan fingerprint density at radius 3 is 2.68 bits per heavy atom. The van der Waals surface area contributed by atoms with Crippen molar-refractivity contribution in [1.82, 2.24) is 10.2 Å². The molecule has 1 aliphatic heterocycles. The number of carbonyl (C=O) groups excluding carboxylic acids is 3. The molecule has 0 aromatic heterocycles. The van der Waals surface area contributed by atoms with E-state index in [1.54, 1.807) is 12.1 Å². The Morgan fingerprint density at radius 1 is 1.21 bits per heavy atom. The number of ether oxygens (including phenoxy) is 1. The molecular formula is C20H20Br2N2O4. The zero-order valence-corrected chi connectivity index (χ0v) is 18.6. The molecule has 0 bridgehead atoms. The monoisotopic (exact) mass is 510 g/mol. The summed E-state index contributed by atoms with van der Waals surface area (Å²) in [6.07, 6.45) is 8.61. The van der Waals surface area contributed by atoms with Gasteiger partial charge in [0, 0.05) is 16.6 Å². The highest BCUT2D eigenvalue weighted by Crippen LogP contribution is 2.34. The highest BCUT2D eigenvalue weighted by atomic mass is 79.9. The summed E-state index contributed by atoms with van der Waals surface area (Å²) in [5.41, 5.74) is 1.71. The van der Waals surface area contributed by atoms with Crippen LogP contribution in [0.3, 0.4) is 0 Å². The second-order valence-electron chi connectivity index (χ2n) is 6.64. The van der Waals surface area contributed by atoms with Gasteiger partial charge in [0.15, 0.2) is 0 Å². The Bertz CT molecular complexity index is 892. The molecule has 0 atom stereocenters. The molecule has 2 aliphatic rings. The van der Waals surface area contributed by atoms with Crippen molar-refractivity contribution in [1.29, 1.82) is 0 Å². The number of nitrogens with zero attached hydrogens (tertiary/aromatic N) is 1. The maximum absolute atomic E-state index is 12.9. The number of rotatable bonds is 5. The molecule has 1 aromatic rings. The molecule has 0 saturated carbocycles. The summed E-state index contributed by atoms with van der Waals surface area (Å²) >= 11 is 6.79. The van der Waals surface area contributed by atoms with Gasteiger partial charge in [-0.2, -0.15) is 0 Å². The van der Waals surface area contributed by atoms with E-state index in [-0.39, 0.29) is 12.1 Å². The van der Waals surface area contributed by atoms with Crippen LogP contribution in [0.4, 0.5) is 4.79 Å². The van der Waals surface area contributed by atoms with Crippen molar-refractivity contribution < 1.29 is 19.1 Å². The predicted octanol–water partition coefficient (Wildman–Crippen LogP) is 4.57. The normalized spacial score (nSPS) is 19.0. The number of methoxy groups -OCH3 is 1. The highest BCUT2D eigenvalue weighted by molar-refractivity contribution is 9.11. The molecule has 6 nitrogen and oxygen atoms in total. The number of benzene rings is 1. The fourth-order valence-corrected chi connectivity index (χ4v) is 4.76. The minimum atomic E-state index is -0.707. The molecule has 0 unspecified atom stereocenters. The van der Waals surface area contributed by atoms with Gasteiger partial charge in [0.2, 0.25) is 0 Å². The lowest BCUT2D eigenvalue weighted by atomic mass is 9.97. The molecule has 28 heavy (non-hydrogen) atoms. The van der Waals surface area contributed by atoms with Crippen LogP contribution in [0.1, 0.15) is 37.7 Å². The van der Waals surface area contributed by atoms with Gasteiger partial charge in [-0.05, 0) is 66.2 Å². The van der Waals surface area contributed by atoms with Crippen molar-refractivity contribution in [3.05, 3.63) is 43.9 Å². The first-order chi connectivity index (χ1) is 13.4. The first kappa shape index (κ1) is 20.8. The van der Waals surface area contributed by atoms with Gasteiger partial charge in [-0.1, -0.05) is 27.6 Å². The second kappa shape index (κ2) is 9.05. The van der Waals surface area contributed by atoms with Crippen LogP contribution in [0.2, 0.25) is 0 Å². The number of nitrogens with one attached hydrogen (secondary N) is 1. The third-order valence-corrected chi connectivity index (χ3v) is 5.82. The third-order valence-electron chi connectivity index (χ3n) is 4.77. The molecule has 4 amide bonds. The number of imide groups is 2. The zero-order valence-electron chi connectivity index (χ0n) is 15.4. The number of barbiturate groups is 1. The second-order valence-corrected chi connectivity index (χ2v) is 8.41. The lowest BCUT2D eigenvalue weighted by Crippen LogP contribution is -2.54. The summed E-state index contributed by atoms with van der Waals surface area (Å²) < 4.78 is 6.81. The van der Waals surface area contributed by atoms with E-state index in [4.69, 9.17) is 4.74 Å². The molecule has 1 heterocycles. The maximum Gasteiger partial charge on any atom is 0.331 e. The molecule has 0 spiro atoms. The number of allylic oxidation sites excluding steroid dienone is 1. The molecule has 1 saturated heterocycles. The minimum Gasteiger partial charge on any atom is -0.495 e. The van der Waals surface area contributed by atoms with E-state index >= 15 is 0 Å². The molecule has 1 N–H and O–H groups in total. The van der Waals surface area contributed by atoms with E-state index in [0.29, 0.717) is 22.2 Å². The SMILES string of the molecule is COc1c(Br)cc(Br)cc1/C=C1\C(=O)NC(=O)N(CCC2=CCCCC2)C1=O. The number of hydrogen-bond acceptors (Lipinski definition) is 4. The van der Waals surface area contributed by atoms with Crippen LogP contribution in [0.25, 0.3) is 6.08 Å². The van der Waals surface area contributed by atoms with Gasteiger partial charge >= 0.3 is 6.03 Å². The average Bonchev–Trinajstić information content (AvgIpc) is 2.65. The molecule has 3 rings (SSSR count). The summed E-state index contributed by atoms with van der Waals surface area (Å²) in [6, 6.07) is 2.87. The van der Waals surface area contributed by atoms with Crippen LogP contribution in [-0.4, -0.2) is 36.4 Å². The smallest absolute Gasteiger partial charge is 0.331 e. The highest BCUT2D eigenvalue weighted by Gasteiger charge is 2.35. The van der Waals surface area contributed by atoms with Crippen molar-refractivity contribution >= 4 is 55.8 Å². The molecule has 0 radical (unpaired) electrons. The predicted molar refractivity (Wildman–Crippen MR) is 113 cm³/mol. The lowest BCUT2D eigenvalue weighted by Gasteiger charge is -2.27. The van der Waals surface area contributed by atoms with Gasteiger partial charge in [0.05, 0.1) is 11.6 Å². The van der Waals surface area contributed by atoms with Crippen LogP contribution in [0.15, 0.2) is 38.3 Å². The van der Waals surface area contributed by atoms with E-state index in [9.17, 15) is 14.4 Å². The summed E-state index contributed by atoms with van der Waals surface area (Å²) in [7, 11) is 1.51. The summed E-state index contributed by atoms with van der Waals surface area (Å²) in [6.45, 7) is 0.250. The van der Waals surface area contributed by atoms with Gasteiger partial charge in [-0.3, -0.25) is 19.8 Å². The van der Waals surface area contributed by atoms with Crippen molar-refractivity contribution in [3.8, 4) is 5.75 Å². The number of urea groups is 1. The average molecular weight is 512 g/mol. The van der Waals surface area contributed by atoms with E-state index in [2.05, 4.69) is 43.3 Å². The Balaban J connectivity index is 1.87. The molecular weight excluding hydrogens is 492 g/mol. The van der Waals surface area contributed by atoms with Crippen LogP contribution in [-0.2, 0) is 9.59 Å². The van der Waals surface area contributed by atoms with E-state index in [1.807, 2.05) is 0 Å². The Hall–Kier alpha value is -1.93. The van der Waals surface area contributed by atoms with Crippen molar-refractivity contribution in [2.24, 2.45) is 0 Å². The first-order valence-corrected chi connectivity index (χ1v) is 10.6. The van der Waals surface area contributed by atoms with Gasteiger partial charge in [0.1, 0.15) is 11.3 Å². The van der Waals surface area contributed by atoms with Crippen LogP contribution in [0.5, 0.6) is 5.75 Å². The Labute approximate surface area is 180 Å². The number of halogens is 2. The van der Waals surface area contributed by atoms with E-state index < -0.39 is 17.8 Å². The molecule has 1 aliphatic carbocycles. The van der Waals surface area contributed by atoms with Gasteiger partial charge in [-0.25, -0.2) is 4.79 Å². The van der Waals surface area contributed by atoms with Crippen LogP contribution < -0.4 is 10.1 Å². The Kier molecular flexibility index (Phi) is 6.72. The molecule has 1 fully saturated rings. The molecule has 1 aromatic carbocycles. The molecule has 8 heteroatoms. The van der Waals surface area contributed by atoms with Gasteiger partial charge in [0.25, 0.3) is 11.8 Å². The number of amides is 4. The maximum atomic E-state index is 12.9. The summed E-state index contributed by atoms with van der Waals surface area (Å²) in [5, 5.41) is 2.26. The summed E-state index contributed by atoms with van der Waals surface area (Å²) in [5.74, 6) is -0.809. The minimum absolute atomic E-state index is 0.0967. The van der Waals surface area contributed by atoms with E-state index in [0.717, 1.165) is 28.6 Å². The summed E-state index contributed by atoms with van der Waals surface area (Å²) in [4.78, 5) is 38.5. The third kappa shape index (κ3) is 4.55. The topological polar surface area (TPSA) is 75.7 Å². The van der Waals surface area contributed by atoms with Crippen molar-refractivity contribution in [2.45, 2.75) is 32.1 Å². The fourth-order valence-electron chi connectivity index (χ4n) is 3.34. The standard InChI is InChI=1S/C20H20Br2N2O4/c1-28-17-13(9-14(21)11-16(17)22)10-15-18(25)23-20(27)24(19(15)26)8-7-12-5-3-2-4-6-12/h5,9-11H,2-4,6-8H2,1H3,(H,23,25,27)/b15-10+. The first-order valence-electron chi connectivity index (χ1n) is 9.00. The van der Waals surface area contributed by atoms with Gasteiger partial charge in [-0.15, -0.1) is 0 Å². The van der Waals surface area contributed by atoms with Crippen LogP contribution >= 0.6 is 31.9 Å². The number of carbonyl (C=O) groups is 3. The largest absolute Gasteiger partial charge is 0.495 e. The van der Waals surface area contributed by atoms with E-state index in [1.165, 1.54) is 25.2 Å². The zero-order chi connectivity index (χ0) is 20.3. The quantitative estimate of drug-likeness (QED) is 0.357.